The summed E-state index contributed by atoms with van der Waals surface area (Å²) < 4.78 is 26.3. The first kappa shape index (κ1) is 21.5. The molecular formula is C22H25ClFN5O2. The van der Waals surface area contributed by atoms with Crippen LogP contribution in [-0.2, 0) is 11.3 Å². The molecule has 0 aliphatic carbocycles. The average Bonchev–Trinajstić information content (AvgIpc) is 3.36. The Morgan fingerprint density at radius 2 is 2.03 bits per heavy atom. The first-order valence-corrected chi connectivity index (χ1v) is 10.6. The highest BCUT2D eigenvalue weighted by Crippen LogP contribution is 2.38. The zero-order valence-corrected chi connectivity index (χ0v) is 18.5. The van der Waals surface area contributed by atoms with Gasteiger partial charge in [0.25, 0.3) is 0 Å². The zero-order valence-electron chi connectivity index (χ0n) is 17.8. The third-order valence-corrected chi connectivity index (χ3v) is 5.92. The van der Waals surface area contributed by atoms with E-state index in [-0.39, 0.29) is 11.7 Å². The van der Waals surface area contributed by atoms with Gasteiger partial charge in [-0.3, -0.25) is 4.57 Å². The van der Waals surface area contributed by atoms with Crippen molar-refractivity contribution in [3.63, 3.8) is 0 Å². The van der Waals surface area contributed by atoms with Crippen molar-refractivity contribution in [2.24, 2.45) is 5.92 Å². The third-order valence-electron chi connectivity index (χ3n) is 5.59. The fraction of sp³-hybridized carbons (Fsp3) is 0.409. The monoisotopic (exact) mass is 445 g/mol. The third kappa shape index (κ3) is 4.36. The topological polar surface area (TPSA) is 65.3 Å². The SMILES string of the molecule is CCOCc1nnc(N2C[C@H](c3ccc(F)cc3Cl)[C@@H](C)C2)n1-c1ccc(OC)nc1. The molecule has 0 N–H and O–H groups in total. The van der Waals surface area contributed by atoms with E-state index >= 15 is 0 Å². The number of hydrogen-bond acceptors (Lipinski definition) is 6. The van der Waals surface area contributed by atoms with Gasteiger partial charge in [0, 0.05) is 36.7 Å². The van der Waals surface area contributed by atoms with Crippen LogP contribution in [0.3, 0.4) is 0 Å². The van der Waals surface area contributed by atoms with Gasteiger partial charge in [-0.05, 0) is 36.6 Å². The number of rotatable bonds is 7. The molecule has 0 unspecified atom stereocenters. The molecule has 0 radical (unpaired) electrons. The summed E-state index contributed by atoms with van der Waals surface area (Å²) in [5.74, 6) is 2.07. The van der Waals surface area contributed by atoms with Gasteiger partial charge in [-0.25, -0.2) is 9.37 Å². The molecule has 0 amide bonds. The Morgan fingerprint density at radius 1 is 1.19 bits per heavy atom. The maximum absolute atomic E-state index is 13.5. The molecule has 2 aromatic heterocycles. The van der Waals surface area contributed by atoms with Crippen LogP contribution in [0.5, 0.6) is 5.88 Å². The van der Waals surface area contributed by atoms with Crippen molar-refractivity contribution in [3.8, 4) is 11.6 Å². The lowest BCUT2D eigenvalue weighted by Gasteiger charge is -2.20. The standard InChI is InChI=1S/C22H25ClFN5O2/c1-4-31-13-20-26-27-22(29(20)16-6-8-21(30-3)25-10-16)28-11-14(2)18(12-28)17-7-5-15(24)9-19(17)23/h5-10,14,18H,4,11-13H2,1-3H3/t14-,18-/m0/s1. The van der Waals surface area contributed by atoms with Gasteiger partial charge >= 0.3 is 0 Å². The van der Waals surface area contributed by atoms with Gasteiger partial charge in [-0.1, -0.05) is 24.6 Å². The summed E-state index contributed by atoms with van der Waals surface area (Å²) in [5.41, 5.74) is 1.77. The maximum Gasteiger partial charge on any atom is 0.232 e. The van der Waals surface area contributed by atoms with Crippen molar-refractivity contribution in [1.29, 1.82) is 0 Å². The molecule has 1 aliphatic rings. The van der Waals surface area contributed by atoms with Crippen LogP contribution in [0.15, 0.2) is 36.5 Å². The van der Waals surface area contributed by atoms with Crippen LogP contribution in [-0.4, -0.2) is 46.6 Å². The van der Waals surface area contributed by atoms with Gasteiger partial charge in [-0.15, -0.1) is 10.2 Å². The molecule has 0 bridgehead atoms. The van der Waals surface area contributed by atoms with Gasteiger partial charge in [0.05, 0.1) is 19.0 Å². The Labute approximate surface area is 185 Å². The van der Waals surface area contributed by atoms with Crippen molar-refractivity contribution in [3.05, 3.63) is 58.8 Å². The number of aromatic nitrogens is 4. The number of ether oxygens (including phenoxy) is 2. The number of nitrogens with zero attached hydrogens (tertiary/aromatic N) is 5. The summed E-state index contributed by atoms with van der Waals surface area (Å²) >= 11 is 6.36. The molecule has 4 rings (SSSR count). The second-order valence-corrected chi connectivity index (χ2v) is 8.01. The molecule has 1 saturated heterocycles. The van der Waals surface area contributed by atoms with E-state index in [0.29, 0.717) is 48.4 Å². The fourth-order valence-corrected chi connectivity index (χ4v) is 4.33. The van der Waals surface area contributed by atoms with Crippen molar-refractivity contribution in [2.75, 3.05) is 31.7 Å². The van der Waals surface area contributed by atoms with E-state index in [0.717, 1.165) is 17.8 Å². The first-order valence-electron chi connectivity index (χ1n) is 10.2. The highest BCUT2D eigenvalue weighted by Gasteiger charge is 2.35. The van der Waals surface area contributed by atoms with E-state index in [4.69, 9.17) is 21.1 Å². The van der Waals surface area contributed by atoms with Gasteiger partial charge in [-0.2, -0.15) is 0 Å². The number of benzene rings is 1. The van der Waals surface area contributed by atoms with Crippen LogP contribution in [0.4, 0.5) is 10.3 Å². The Hall–Kier alpha value is -2.71. The lowest BCUT2D eigenvalue weighted by molar-refractivity contribution is 0.127. The average molecular weight is 446 g/mol. The molecule has 0 spiro atoms. The predicted molar refractivity (Wildman–Crippen MR) is 117 cm³/mol. The minimum Gasteiger partial charge on any atom is -0.481 e. The van der Waals surface area contributed by atoms with Crippen molar-refractivity contribution in [1.82, 2.24) is 19.7 Å². The molecule has 9 heteroatoms. The Bertz CT molecular complexity index is 1040. The minimum absolute atomic E-state index is 0.155. The molecule has 3 heterocycles. The molecule has 164 valence electrons. The second kappa shape index (κ2) is 9.20. The summed E-state index contributed by atoms with van der Waals surface area (Å²) in [6.07, 6.45) is 1.73. The smallest absolute Gasteiger partial charge is 0.232 e. The van der Waals surface area contributed by atoms with E-state index in [2.05, 4.69) is 27.0 Å². The summed E-state index contributed by atoms with van der Waals surface area (Å²) in [7, 11) is 1.58. The predicted octanol–water partition coefficient (Wildman–Crippen LogP) is 4.24. The summed E-state index contributed by atoms with van der Waals surface area (Å²) in [4.78, 5) is 6.51. The first-order chi connectivity index (χ1) is 15.0. The van der Waals surface area contributed by atoms with Gasteiger partial charge < -0.3 is 14.4 Å². The molecule has 1 fully saturated rings. The summed E-state index contributed by atoms with van der Waals surface area (Å²) in [6, 6.07) is 8.33. The quantitative estimate of drug-likeness (QED) is 0.542. The maximum atomic E-state index is 13.5. The number of halogens is 2. The molecule has 31 heavy (non-hydrogen) atoms. The summed E-state index contributed by atoms with van der Waals surface area (Å²) in [5, 5.41) is 9.31. The molecule has 3 aromatic rings. The number of methoxy groups -OCH3 is 1. The Balaban J connectivity index is 1.68. The van der Waals surface area contributed by atoms with Crippen molar-refractivity contribution < 1.29 is 13.9 Å². The van der Waals surface area contributed by atoms with Gasteiger partial charge in [0.2, 0.25) is 11.8 Å². The van der Waals surface area contributed by atoms with Crippen molar-refractivity contribution in [2.45, 2.75) is 26.4 Å². The van der Waals surface area contributed by atoms with Crippen LogP contribution in [0, 0.1) is 11.7 Å². The summed E-state index contributed by atoms with van der Waals surface area (Å²) in [6.45, 7) is 6.50. The molecule has 2 atom stereocenters. The van der Waals surface area contributed by atoms with Crippen molar-refractivity contribution >= 4 is 17.5 Å². The van der Waals surface area contributed by atoms with Gasteiger partial charge in [0.1, 0.15) is 12.4 Å². The minimum atomic E-state index is -0.330. The van der Waals surface area contributed by atoms with Crippen LogP contribution >= 0.6 is 11.6 Å². The zero-order chi connectivity index (χ0) is 22.0. The Kier molecular flexibility index (Phi) is 6.38. The highest BCUT2D eigenvalue weighted by atomic mass is 35.5. The highest BCUT2D eigenvalue weighted by molar-refractivity contribution is 6.31. The molecular weight excluding hydrogens is 421 g/mol. The molecule has 1 aliphatic heterocycles. The molecule has 1 aromatic carbocycles. The largest absolute Gasteiger partial charge is 0.481 e. The van der Waals surface area contributed by atoms with Gasteiger partial charge in [0.15, 0.2) is 5.82 Å². The normalized spacial score (nSPS) is 18.5. The number of anilines is 1. The van der Waals surface area contributed by atoms with E-state index in [1.807, 2.05) is 17.6 Å². The van der Waals surface area contributed by atoms with Crippen LogP contribution in [0.1, 0.15) is 31.2 Å². The lowest BCUT2D eigenvalue weighted by atomic mass is 9.90. The van der Waals surface area contributed by atoms with Crippen LogP contribution in [0.2, 0.25) is 5.02 Å². The van der Waals surface area contributed by atoms with E-state index in [9.17, 15) is 4.39 Å². The van der Waals surface area contributed by atoms with Crippen LogP contribution in [0.25, 0.3) is 5.69 Å². The number of hydrogen-bond donors (Lipinski definition) is 0. The molecule has 0 saturated carbocycles. The fourth-order valence-electron chi connectivity index (χ4n) is 4.03. The van der Waals surface area contributed by atoms with E-state index in [1.165, 1.54) is 12.1 Å². The van der Waals surface area contributed by atoms with E-state index < -0.39 is 0 Å². The number of pyridine rings is 1. The lowest BCUT2D eigenvalue weighted by Crippen LogP contribution is -2.24. The van der Waals surface area contributed by atoms with Crippen LogP contribution < -0.4 is 9.64 Å². The second-order valence-electron chi connectivity index (χ2n) is 7.60. The van der Waals surface area contributed by atoms with E-state index in [1.54, 1.807) is 25.4 Å². The Morgan fingerprint density at radius 3 is 2.71 bits per heavy atom. The molecule has 7 nitrogen and oxygen atoms in total.